The highest BCUT2D eigenvalue weighted by Crippen LogP contribution is 2.20. The number of hydrogen-bond acceptors (Lipinski definition) is 2. The normalized spacial score (nSPS) is 11.2. The van der Waals surface area contributed by atoms with Gasteiger partial charge in [0, 0.05) is 12.6 Å². The Hall–Kier alpha value is -3.36. The highest BCUT2D eigenvalue weighted by molar-refractivity contribution is 6.32. The van der Waals surface area contributed by atoms with Gasteiger partial charge in [0.25, 0.3) is 5.56 Å². The first-order valence-electron chi connectivity index (χ1n) is 8.36. The first kappa shape index (κ1) is 19.4. The van der Waals surface area contributed by atoms with Gasteiger partial charge in [-0.15, -0.1) is 0 Å². The number of nitrogens with zero attached hydrogens (tertiary/aromatic N) is 2. The maximum absolute atomic E-state index is 13.6. The van der Waals surface area contributed by atoms with Crippen LogP contribution in [0.3, 0.4) is 0 Å². The minimum absolute atomic E-state index is 0.0900. The number of rotatable bonds is 2. The predicted octanol–water partition coefficient (Wildman–Crippen LogP) is 3.97. The Morgan fingerprint density at radius 1 is 1.21 bits per heavy atom. The molecule has 0 amide bonds. The molecule has 0 N–H and O–H groups in total. The van der Waals surface area contributed by atoms with Crippen molar-refractivity contribution >= 4 is 22.5 Å². The van der Waals surface area contributed by atoms with E-state index in [0.29, 0.717) is 11.1 Å². The molecule has 0 unspecified atom stereocenters. The third-order valence-electron chi connectivity index (χ3n) is 4.19. The van der Waals surface area contributed by atoms with Crippen LogP contribution < -0.4 is 11.2 Å². The second kappa shape index (κ2) is 7.71. The fourth-order valence-corrected chi connectivity index (χ4v) is 3.07. The molecule has 0 atom stereocenters. The number of allylic oxidation sites excluding steroid dienone is 3. The van der Waals surface area contributed by atoms with E-state index in [9.17, 15) is 14.0 Å². The van der Waals surface area contributed by atoms with Gasteiger partial charge in [-0.2, -0.15) is 0 Å². The summed E-state index contributed by atoms with van der Waals surface area (Å²) in [5.74, 6) is 5.35. The van der Waals surface area contributed by atoms with Gasteiger partial charge >= 0.3 is 5.69 Å². The zero-order chi connectivity index (χ0) is 20.4. The van der Waals surface area contributed by atoms with Crippen LogP contribution in [0.25, 0.3) is 16.6 Å². The lowest BCUT2D eigenvalue weighted by atomic mass is 10.1. The zero-order valence-electron chi connectivity index (χ0n) is 15.3. The van der Waals surface area contributed by atoms with Crippen molar-refractivity contribution in [1.82, 2.24) is 9.13 Å². The summed E-state index contributed by atoms with van der Waals surface area (Å²) < 4.78 is 15.8. The fourth-order valence-electron chi connectivity index (χ4n) is 2.80. The number of aryl methyl sites for hydroxylation is 1. The van der Waals surface area contributed by atoms with Crippen molar-refractivity contribution in [2.75, 3.05) is 0 Å². The minimum Gasteiger partial charge on any atom is -0.296 e. The highest BCUT2D eigenvalue weighted by Gasteiger charge is 2.15. The van der Waals surface area contributed by atoms with Gasteiger partial charge in [0.05, 0.1) is 21.6 Å². The Labute approximate surface area is 165 Å². The van der Waals surface area contributed by atoms with Crippen molar-refractivity contribution in [1.29, 1.82) is 0 Å². The van der Waals surface area contributed by atoms with Crippen molar-refractivity contribution in [2.45, 2.75) is 6.92 Å². The molecule has 28 heavy (non-hydrogen) atoms. The van der Waals surface area contributed by atoms with Gasteiger partial charge in [0.1, 0.15) is 5.82 Å². The molecule has 1 aromatic heterocycles. The first-order valence-corrected chi connectivity index (χ1v) is 8.74. The third-order valence-corrected chi connectivity index (χ3v) is 4.49. The van der Waals surface area contributed by atoms with Crippen LogP contribution in [0.15, 0.2) is 70.3 Å². The molecule has 140 valence electrons. The van der Waals surface area contributed by atoms with E-state index in [1.54, 1.807) is 30.4 Å². The summed E-state index contributed by atoms with van der Waals surface area (Å²) in [5.41, 5.74) is 0.801. The number of fused-ring (bicyclic) bond motifs is 1. The second-order valence-corrected chi connectivity index (χ2v) is 6.55. The summed E-state index contributed by atoms with van der Waals surface area (Å²) in [5, 5.41) is 0.277. The van der Waals surface area contributed by atoms with Crippen molar-refractivity contribution in [3.8, 4) is 17.5 Å². The summed E-state index contributed by atoms with van der Waals surface area (Å²) in [6.45, 7) is 5.46. The van der Waals surface area contributed by atoms with E-state index in [1.807, 2.05) is 6.92 Å². The van der Waals surface area contributed by atoms with Crippen LogP contribution in [0.4, 0.5) is 4.39 Å². The van der Waals surface area contributed by atoms with Gasteiger partial charge in [0.2, 0.25) is 0 Å². The molecule has 6 heteroatoms. The number of aromatic nitrogens is 2. The Kier molecular flexibility index (Phi) is 5.34. The molecule has 0 aliphatic carbocycles. The SMILES string of the molecule is C=C/C=C(\C)C#Cc1ccc(-n2c(=O)c3cc(F)ccc3n(C)c2=O)c(Cl)c1. The molecule has 0 aliphatic rings. The van der Waals surface area contributed by atoms with E-state index in [1.165, 1.54) is 23.7 Å². The van der Waals surface area contributed by atoms with Crippen LogP contribution in [0, 0.1) is 17.7 Å². The molecule has 0 fully saturated rings. The first-order chi connectivity index (χ1) is 13.3. The lowest BCUT2D eigenvalue weighted by Crippen LogP contribution is -2.38. The average Bonchev–Trinajstić information content (AvgIpc) is 2.66. The highest BCUT2D eigenvalue weighted by atomic mass is 35.5. The van der Waals surface area contributed by atoms with Crippen molar-refractivity contribution in [2.24, 2.45) is 7.05 Å². The number of halogens is 2. The van der Waals surface area contributed by atoms with Gasteiger partial charge in [-0.05, 0) is 48.9 Å². The zero-order valence-corrected chi connectivity index (χ0v) is 16.0. The van der Waals surface area contributed by atoms with Crippen LogP contribution in [-0.2, 0) is 7.05 Å². The van der Waals surface area contributed by atoms with E-state index >= 15 is 0 Å². The van der Waals surface area contributed by atoms with Gasteiger partial charge < -0.3 is 0 Å². The van der Waals surface area contributed by atoms with Crippen LogP contribution in [0.2, 0.25) is 5.02 Å². The standard InChI is InChI=1S/C22H16ClFN2O2/c1-4-5-14(2)6-7-15-8-10-20(18(23)12-15)26-21(27)17-13-16(24)9-11-19(17)25(3)22(26)28/h4-5,8-13H,1H2,2-3H3/b14-5+. The summed E-state index contributed by atoms with van der Waals surface area (Å²) in [6, 6.07) is 8.50. The van der Waals surface area contributed by atoms with Crippen LogP contribution in [-0.4, -0.2) is 9.13 Å². The van der Waals surface area contributed by atoms with E-state index in [-0.39, 0.29) is 16.1 Å². The van der Waals surface area contributed by atoms with Gasteiger partial charge in [-0.3, -0.25) is 9.36 Å². The Morgan fingerprint density at radius 3 is 2.64 bits per heavy atom. The molecule has 3 aromatic rings. The average molecular weight is 395 g/mol. The van der Waals surface area contributed by atoms with E-state index in [0.717, 1.165) is 16.2 Å². The molecule has 1 heterocycles. The Bertz CT molecular complexity index is 1320. The van der Waals surface area contributed by atoms with Crippen molar-refractivity contribution in [3.63, 3.8) is 0 Å². The largest absolute Gasteiger partial charge is 0.335 e. The number of benzene rings is 2. The van der Waals surface area contributed by atoms with Gasteiger partial charge in [-0.25, -0.2) is 13.8 Å². The monoisotopic (exact) mass is 394 g/mol. The number of hydrogen-bond donors (Lipinski definition) is 0. The Morgan fingerprint density at radius 2 is 1.96 bits per heavy atom. The van der Waals surface area contributed by atoms with Crippen LogP contribution in [0.1, 0.15) is 12.5 Å². The van der Waals surface area contributed by atoms with Crippen LogP contribution in [0.5, 0.6) is 0 Å². The predicted molar refractivity (Wildman–Crippen MR) is 111 cm³/mol. The summed E-state index contributed by atoms with van der Waals surface area (Å²) >= 11 is 6.34. The quantitative estimate of drug-likeness (QED) is 0.487. The minimum atomic E-state index is -0.636. The molecule has 0 saturated heterocycles. The molecule has 4 nitrogen and oxygen atoms in total. The molecule has 0 aliphatic heterocycles. The fraction of sp³-hybridized carbons (Fsp3) is 0.0909. The van der Waals surface area contributed by atoms with Crippen molar-refractivity contribution < 1.29 is 4.39 Å². The maximum Gasteiger partial charge on any atom is 0.335 e. The molecule has 0 bridgehead atoms. The Balaban J connectivity index is 2.21. The van der Waals surface area contributed by atoms with Gasteiger partial charge in [-0.1, -0.05) is 42.2 Å². The van der Waals surface area contributed by atoms with Crippen molar-refractivity contribution in [3.05, 3.63) is 97.9 Å². The second-order valence-electron chi connectivity index (χ2n) is 6.15. The topological polar surface area (TPSA) is 44.0 Å². The molecular formula is C22H16ClFN2O2. The molecule has 0 radical (unpaired) electrons. The van der Waals surface area contributed by atoms with E-state index in [4.69, 9.17) is 11.6 Å². The van der Waals surface area contributed by atoms with Crippen LogP contribution >= 0.6 is 11.6 Å². The van der Waals surface area contributed by atoms with E-state index < -0.39 is 17.1 Å². The lowest BCUT2D eigenvalue weighted by molar-refractivity contribution is 0.628. The molecular weight excluding hydrogens is 379 g/mol. The summed E-state index contributed by atoms with van der Waals surface area (Å²) in [4.78, 5) is 25.6. The van der Waals surface area contributed by atoms with Gasteiger partial charge in [0.15, 0.2) is 0 Å². The third kappa shape index (κ3) is 3.55. The summed E-state index contributed by atoms with van der Waals surface area (Å²) in [6.07, 6.45) is 3.42. The smallest absolute Gasteiger partial charge is 0.296 e. The van der Waals surface area contributed by atoms with E-state index in [2.05, 4.69) is 18.4 Å². The molecule has 2 aromatic carbocycles. The lowest BCUT2D eigenvalue weighted by Gasteiger charge is -2.12. The molecule has 3 rings (SSSR count). The summed E-state index contributed by atoms with van der Waals surface area (Å²) in [7, 11) is 1.51. The molecule has 0 saturated carbocycles. The molecule has 0 spiro atoms. The maximum atomic E-state index is 13.6.